The molecule has 0 spiro atoms. The maximum atomic E-state index is 11.8. The number of esters is 1. The third-order valence-corrected chi connectivity index (χ3v) is 3.02. The first-order valence-electron chi connectivity index (χ1n) is 7.53. The number of nitrogen functional groups attached to an aromatic ring is 1. The van der Waals surface area contributed by atoms with Gasteiger partial charge in [-0.25, -0.2) is 4.98 Å². The Kier molecular flexibility index (Phi) is 5.21. The van der Waals surface area contributed by atoms with Gasteiger partial charge in [-0.2, -0.15) is 0 Å². The monoisotopic (exact) mass is 345 g/mol. The van der Waals surface area contributed by atoms with Crippen molar-refractivity contribution in [1.82, 2.24) is 4.98 Å². The molecule has 0 bridgehead atoms. The van der Waals surface area contributed by atoms with Crippen molar-refractivity contribution in [2.45, 2.75) is 32.8 Å². The van der Waals surface area contributed by atoms with Crippen molar-refractivity contribution >= 4 is 17.5 Å². The summed E-state index contributed by atoms with van der Waals surface area (Å²) < 4.78 is 10.8. The van der Waals surface area contributed by atoms with Crippen LogP contribution in [0.4, 0.5) is 11.5 Å². The molecule has 132 valence electrons. The van der Waals surface area contributed by atoms with Crippen LogP contribution in [-0.2, 0) is 16.0 Å². The number of ether oxygens (including phenoxy) is 2. The second-order valence-corrected chi connectivity index (χ2v) is 6.31. The van der Waals surface area contributed by atoms with Crippen molar-refractivity contribution in [3.63, 3.8) is 0 Å². The van der Waals surface area contributed by atoms with Crippen molar-refractivity contribution in [2.75, 3.05) is 5.73 Å². The van der Waals surface area contributed by atoms with Gasteiger partial charge in [0.25, 0.3) is 0 Å². The van der Waals surface area contributed by atoms with Crippen LogP contribution in [-0.4, -0.2) is 21.5 Å². The number of nitro groups is 1. The molecule has 2 N–H and O–H groups in total. The Hall–Kier alpha value is -3.16. The number of hydrogen-bond acceptors (Lipinski definition) is 7. The van der Waals surface area contributed by atoms with Gasteiger partial charge in [0, 0.05) is 12.3 Å². The minimum atomic E-state index is -0.644. The van der Waals surface area contributed by atoms with Gasteiger partial charge in [0.1, 0.15) is 11.4 Å². The fourth-order valence-electron chi connectivity index (χ4n) is 2.06. The van der Waals surface area contributed by atoms with Gasteiger partial charge in [0.2, 0.25) is 11.6 Å². The smallest absolute Gasteiger partial charge is 0.353 e. The van der Waals surface area contributed by atoms with Crippen molar-refractivity contribution < 1.29 is 19.2 Å². The molecule has 0 aliphatic carbocycles. The van der Waals surface area contributed by atoms with E-state index in [0.717, 1.165) is 5.56 Å². The summed E-state index contributed by atoms with van der Waals surface area (Å²) in [4.78, 5) is 25.9. The van der Waals surface area contributed by atoms with Crippen LogP contribution >= 0.6 is 0 Å². The highest BCUT2D eigenvalue weighted by atomic mass is 16.6. The van der Waals surface area contributed by atoms with E-state index in [2.05, 4.69) is 4.98 Å². The molecule has 2 rings (SSSR count). The maximum absolute atomic E-state index is 11.8. The number of benzene rings is 1. The average molecular weight is 345 g/mol. The average Bonchev–Trinajstić information content (AvgIpc) is 2.47. The summed E-state index contributed by atoms with van der Waals surface area (Å²) in [6, 6.07) is 7.97. The van der Waals surface area contributed by atoms with E-state index in [1.807, 2.05) is 0 Å². The van der Waals surface area contributed by atoms with Gasteiger partial charge in [-0.3, -0.25) is 14.9 Å². The van der Waals surface area contributed by atoms with Crippen molar-refractivity contribution in [3.05, 3.63) is 52.2 Å². The highest BCUT2D eigenvalue weighted by Crippen LogP contribution is 2.34. The third-order valence-electron chi connectivity index (χ3n) is 3.02. The first-order chi connectivity index (χ1) is 11.7. The summed E-state index contributed by atoms with van der Waals surface area (Å²) in [5.74, 6) is -0.179. The number of rotatable bonds is 5. The van der Waals surface area contributed by atoms with Gasteiger partial charge < -0.3 is 15.2 Å². The molecule has 0 aliphatic heterocycles. The molecule has 0 aliphatic rings. The Balaban J connectivity index is 2.10. The molecule has 0 atom stereocenters. The number of carbonyl (C=O) groups excluding carboxylic acids is 1. The van der Waals surface area contributed by atoms with Crippen LogP contribution < -0.4 is 10.5 Å². The van der Waals surface area contributed by atoms with Gasteiger partial charge in [-0.1, -0.05) is 12.1 Å². The maximum Gasteiger partial charge on any atom is 0.353 e. The molecule has 8 heteroatoms. The lowest BCUT2D eigenvalue weighted by Gasteiger charge is -2.19. The molecule has 0 saturated carbocycles. The fraction of sp³-hybridized carbons (Fsp3) is 0.294. The number of pyridine rings is 1. The van der Waals surface area contributed by atoms with Gasteiger partial charge in [0.05, 0.1) is 11.3 Å². The minimum absolute atomic E-state index is 0.00241. The zero-order chi connectivity index (χ0) is 18.6. The SMILES string of the molecule is CC(C)(C)OC(=O)Cc1ccc(Oc2ccnc(N)c2[N+](=O)[O-])cc1. The zero-order valence-corrected chi connectivity index (χ0v) is 14.2. The second kappa shape index (κ2) is 7.16. The quantitative estimate of drug-likeness (QED) is 0.502. The predicted molar refractivity (Wildman–Crippen MR) is 91.4 cm³/mol. The Morgan fingerprint density at radius 2 is 1.88 bits per heavy atom. The molecule has 25 heavy (non-hydrogen) atoms. The molecule has 0 amide bonds. The Labute approximate surface area is 144 Å². The van der Waals surface area contributed by atoms with E-state index >= 15 is 0 Å². The van der Waals surface area contributed by atoms with Gasteiger partial charge in [-0.05, 0) is 38.5 Å². The molecule has 0 saturated heterocycles. The summed E-state index contributed by atoms with van der Waals surface area (Å²) in [7, 11) is 0. The van der Waals surface area contributed by atoms with Gasteiger partial charge in [0.15, 0.2) is 0 Å². The first-order valence-corrected chi connectivity index (χ1v) is 7.53. The van der Waals surface area contributed by atoms with Crippen LogP contribution in [0.2, 0.25) is 0 Å². The summed E-state index contributed by atoms with van der Waals surface area (Å²) >= 11 is 0. The van der Waals surface area contributed by atoms with Crippen LogP contribution in [0.1, 0.15) is 26.3 Å². The molecule has 0 radical (unpaired) electrons. The van der Waals surface area contributed by atoms with E-state index in [9.17, 15) is 14.9 Å². The predicted octanol–water partition coefficient (Wildman–Crippen LogP) is 3.25. The van der Waals surface area contributed by atoms with E-state index in [4.69, 9.17) is 15.2 Å². The summed E-state index contributed by atoms with van der Waals surface area (Å²) in [5.41, 5.74) is 5.33. The number of nitrogens with two attached hydrogens (primary N) is 1. The Bertz CT molecular complexity index is 782. The number of aromatic nitrogens is 1. The van der Waals surface area contributed by atoms with E-state index < -0.39 is 10.5 Å². The molecular weight excluding hydrogens is 326 g/mol. The molecular formula is C17H19N3O5. The standard InChI is InChI=1S/C17H19N3O5/c1-17(2,3)25-14(21)10-11-4-6-12(7-5-11)24-13-8-9-19-16(18)15(13)20(22)23/h4-9H,10H2,1-3H3,(H2,18,19). The number of nitrogens with zero attached hydrogens (tertiary/aromatic N) is 2. The summed E-state index contributed by atoms with van der Waals surface area (Å²) in [5, 5.41) is 11.1. The van der Waals surface area contributed by atoms with Crippen LogP contribution in [0, 0.1) is 10.1 Å². The molecule has 1 heterocycles. The van der Waals surface area contributed by atoms with E-state index in [0.29, 0.717) is 5.75 Å². The highest BCUT2D eigenvalue weighted by molar-refractivity contribution is 5.73. The third kappa shape index (κ3) is 5.17. The molecule has 0 unspecified atom stereocenters. The second-order valence-electron chi connectivity index (χ2n) is 6.31. The van der Waals surface area contributed by atoms with Crippen LogP contribution in [0.5, 0.6) is 11.5 Å². The van der Waals surface area contributed by atoms with Crippen molar-refractivity contribution in [2.24, 2.45) is 0 Å². The van der Waals surface area contributed by atoms with Crippen LogP contribution in [0.25, 0.3) is 0 Å². The number of carbonyl (C=O) groups is 1. The van der Waals surface area contributed by atoms with Crippen molar-refractivity contribution in [3.8, 4) is 11.5 Å². The Morgan fingerprint density at radius 3 is 2.44 bits per heavy atom. The topological polar surface area (TPSA) is 118 Å². The fourth-order valence-corrected chi connectivity index (χ4v) is 2.06. The Morgan fingerprint density at radius 1 is 1.24 bits per heavy atom. The highest BCUT2D eigenvalue weighted by Gasteiger charge is 2.21. The largest absolute Gasteiger partial charge is 0.460 e. The summed E-state index contributed by atoms with van der Waals surface area (Å²) in [6.07, 6.45) is 1.45. The summed E-state index contributed by atoms with van der Waals surface area (Å²) in [6.45, 7) is 5.40. The first kappa shape index (κ1) is 18.2. The van der Waals surface area contributed by atoms with E-state index in [-0.39, 0.29) is 29.6 Å². The van der Waals surface area contributed by atoms with E-state index in [1.165, 1.54) is 12.3 Å². The lowest BCUT2D eigenvalue weighted by Crippen LogP contribution is -2.24. The van der Waals surface area contributed by atoms with Crippen LogP contribution in [0.15, 0.2) is 36.5 Å². The van der Waals surface area contributed by atoms with Gasteiger partial charge >= 0.3 is 11.7 Å². The molecule has 8 nitrogen and oxygen atoms in total. The van der Waals surface area contributed by atoms with Gasteiger partial charge in [-0.15, -0.1) is 0 Å². The lowest BCUT2D eigenvalue weighted by atomic mass is 10.1. The normalized spacial score (nSPS) is 11.0. The van der Waals surface area contributed by atoms with Crippen molar-refractivity contribution in [1.29, 1.82) is 0 Å². The number of anilines is 1. The number of hydrogen-bond donors (Lipinski definition) is 1. The molecule has 1 aromatic carbocycles. The van der Waals surface area contributed by atoms with E-state index in [1.54, 1.807) is 45.0 Å². The zero-order valence-electron chi connectivity index (χ0n) is 14.2. The molecule has 1 aromatic heterocycles. The molecule has 2 aromatic rings. The minimum Gasteiger partial charge on any atom is -0.460 e. The lowest BCUT2D eigenvalue weighted by molar-refractivity contribution is -0.384. The molecule has 0 fully saturated rings. The van der Waals surface area contributed by atoms with Crippen LogP contribution in [0.3, 0.4) is 0 Å².